The van der Waals surface area contributed by atoms with Crippen LogP contribution in [0.15, 0.2) is 17.2 Å². The van der Waals surface area contributed by atoms with Gasteiger partial charge in [0, 0.05) is 44.4 Å². The molecule has 0 amide bonds. The van der Waals surface area contributed by atoms with Gasteiger partial charge in [-0.05, 0) is 12.8 Å². The zero-order valence-electron chi connectivity index (χ0n) is 9.63. The number of hydrogen-bond acceptors (Lipinski definition) is 4. The van der Waals surface area contributed by atoms with E-state index >= 15 is 0 Å². The Morgan fingerprint density at radius 1 is 1.18 bits per heavy atom. The van der Waals surface area contributed by atoms with Crippen LogP contribution in [-0.4, -0.2) is 28.4 Å². The highest BCUT2D eigenvalue weighted by Gasteiger charge is 2.27. The van der Waals surface area contributed by atoms with Gasteiger partial charge in [0.25, 0.3) is 5.56 Å². The third-order valence-electron chi connectivity index (χ3n) is 3.41. The largest absolute Gasteiger partial charge is 0.351 e. The summed E-state index contributed by atoms with van der Waals surface area (Å²) in [5.41, 5.74) is -0.00986. The first-order valence-electron chi connectivity index (χ1n) is 6.09. The van der Waals surface area contributed by atoms with Crippen molar-refractivity contribution in [3.63, 3.8) is 0 Å². The van der Waals surface area contributed by atoms with Crippen LogP contribution in [0.4, 0.5) is 5.82 Å². The van der Waals surface area contributed by atoms with Gasteiger partial charge in [0.2, 0.25) is 0 Å². The van der Waals surface area contributed by atoms with Gasteiger partial charge >= 0.3 is 0 Å². The van der Waals surface area contributed by atoms with Gasteiger partial charge in [0.1, 0.15) is 5.78 Å². The first-order chi connectivity index (χ1) is 8.25. The van der Waals surface area contributed by atoms with Crippen molar-refractivity contribution in [2.75, 3.05) is 18.0 Å². The predicted octanol–water partition coefficient (Wildman–Crippen LogP) is 0.747. The number of carbonyl (C=O) groups excluding carboxylic acids is 1. The molecule has 90 valence electrons. The molecule has 5 nitrogen and oxygen atoms in total. The van der Waals surface area contributed by atoms with E-state index in [0.29, 0.717) is 37.8 Å². The monoisotopic (exact) mass is 233 g/mol. The topological polar surface area (TPSA) is 55.2 Å². The zero-order valence-corrected chi connectivity index (χ0v) is 9.63. The lowest BCUT2D eigenvalue weighted by molar-refractivity contribution is -0.119. The third-order valence-corrected chi connectivity index (χ3v) is 3.41. The van der Waals surface area contributed by atoms with Crippen molar-refractivity contribution >= 4 is 11.6 Å². The molecule has 1 saturated heterocycles. The summed E-state index contributed by atoms with van der Waals surface area (Å²) in [7, 11) is 0. The molecule has 2 fully saturated rings. The van der Waals surface area contributed by atoms with Crippen LogP contribution in [0.2, 0.25) is 0 Å². The maximum absolute atomic E-state index is 12.2. The summed E-state index contributed by atoms with van der Waals surface area (Å²) in [5, 5.41) is 0. The number of aromatic nitrogens is 2. The minimum absolute atomic E-state index is 0.00986. The molecule has 1 aromatic rings. The molecule has 5 heteroatoms. The van der Waals surface area contributed by atoms with Gasteiger partial charge in [-0.15, -0.1) is 0 Å². The molecule has 1 aliphatic heterocycles. The molecule has 0 bridgehead atoms. The summed E-state index contributed by atoms with van der Waals surface area (Å²) in [4.78, 5) is 29.5. The SMILES string of the molecule is O=C1CCN(c2nccn(C3CC3)c2=O)CC1. The molecule has 0 N–H and O–H groups in total. The molecule has 1 aliphatic carbocycles. The van der Waals surface area contributed by atoms with Crippen molar-refractivity contribution in [1.82, 2.24) is 9.55 Å². The van der Waals surface area contributed by atoms with E-state index in [-0.39, 0.29) is 11.3 Å². The molecule has 1 saturated carbocycles. The van der Waals surface area contributed by atoms with Crippen molar-refractivity contribution in [2.24, 2.45) is 0 Å². The molecule has 2 aliphatic rings. The normalized spacial score (nSPS) is 20.7. The lowest BCUT2D eigenvalue weighted by atomic mass is 10.1. The predicted molar refractivity (Wildman–Crippen MR) is 63.2 cm³/mol. The van der Waals surface area contributed by atoms with Crippen molar-refractivity contribution in [2.45, 2.75) is 31.7 Å². The van der Waals surface area contributed by atoms with Crippen LogP contribution in [-0.2, 0) is 4.79 Å². The highest BCUT2D eigenvalue weighted by molar-refractivity contribution is 5.80. The van der Waals surface area contributed by atoms with Crippen LogP contribution in [0.3, 0.4) is 0 Å². The van der Waals surface area contributed by atoms with Crippen LogP contribution >= 0.6 is 0 Å². The lowest BCUT2D eigenvalue weighted by Gasteiger charge is -2.26. The smallest absolute Gasteiger partial charge is 0.293 e. The van der Waals surface area contributed by atoms with E-state index in [1.807, 2.05) is 4.90 Å². The number of anilines is 1. The van der Waals surface area contributed by atoms with Gasteiger partial charge < -0.3 is 9.47 Å². The molecule has 0 aromatic carbocycles. The van der Waals surface area contributed by atoms with E-state index < -0.39 is 0 Å². The van der Waals surface area contributed by atoms with Crippen molar-refractivity contribution in [3.05, 3.63) is 22.7 Å². The summed E-state index contributed by atoms with van der Waals surface area (Å²) >= 11 is 0. The summed E-state index contributed by atoms with van der Waals surface area (Å²) in [6.45, 7) is 1.24. The van der Waals surface area contributed by atoms with Gasteiger partial charge in [-0.2, -0.15) is 0 Å². The molecule has 0 spiro atoms. The van der Waals surface area contributed by atoms with Gasteiger partial charge in [-0.1, -0.05) is 0 Å². The minimum Gasteiger partial charge on any atom is -0.351 e. The Labute approximate surface area is 99.1 Å². The quantitative estimate of drug-likeness (QED) is 0.756. The summed E-state index contributed by atoms with van der Waals surface area (Å²) in [6, 6.07) is 0.371. The number of carbonyl (C=O) groups is 1. The van der Waals surface area contributed by atoms with Crippen LogP contribution in [0.5, 0.6) is 0 Å². The van der Waals surface area contributed by atoms with Gasteiger partial charge in [0.15, 0.2) is 5.82 Å². The van der Waals surface area contributed by atoms with Crippen LogP contribution in [0, 0.1) is 0 Å². The van der Waals surface area contributed by atoms with E-state index in [1.165, 1.54) is 0 Å². The fraction of sp³-hybridized carbons (Fsp3) is 0.583. The molecule has 0 radical (unpaired) electrons. The van der Waals surface area contributed by atoms with Crippen LogP contribution < -0.4 is 10.5 Å². The second-order valence-electron chi connectivity index (χ2n) is 4.72. The average Bonchev–Trinajstić information content (AvgIpc) is 3.15. The maximum Gasteiger partial charge on any atom is 0.293 e. The number of hydrogen-bond donors (Lipinski definition) is 0. The van der Waals surface area contributed by atoms with Crippen LogP contribution in [0.1, 0.15) is 31.7 Å². The maximum atomic E-state index is 12.2. The molecular formula is C12H15N3O2. The standard InChI is InChI=1S/C12H15N3O2/c16-10-3-6-14(7-4-10)11-12(17)15(8-5-13-11)9-1-2-9/h5,8-9H,1-4,6-7H2. The van der Waals surface area contributed by atoms with E-state index in [9.17, 15) is 9.59 Å². The van der Waals surface area contributed by atoms with Crippen molar-refractivity contribution < 1.29 is 4.79 Å². The molecule has 0 unspecified atom stereocenters. The third kappa shape index (κ3) is 1.97. The molecule has 1 aromatic heterocycles. The van der Waals surface area contributed by atoms with E-state index in [2.05, 4.69) is 4.98 Å². The Bertz CT molecular complexity index is 495. The fourth-order valence-corrected chi connectivity index (χ4v) is 2.24. The number of ketones is 1. The fourth-order valence-electron chi connectivity index (χ4n) is 2.24. The van der Waals surface area contributed by atoms with Gasteiger partial charge in [-0.3, -0.25) is 9.59 Å². The number of piperidine rings is 1. The molecule has 0 atom stereocenters. The van der Waals surface area contributed by atoms with E-state index in [0.717, 1.165) is 12.8 Å². The Morgan fingerprint density at radius 2 is 1.88 bits per heavy atom. The van der Waals surface area contributed by atoms with Gasteiger partial charge in [0.05, 0.1) is 0 Å². The van der Waals surface area contributed by atoms with Crippen molar-refractivity contribution in [1.29, 1.82) is 0 Å². The molecule has 17 heavy (non-hydrogen) atoms. The lowest BCUT2D eigenvalue weighted by Crippen LogP contribution is -2.39. The van der Waals surface area contributed by atoms with Crippen molar-refractivity contribution in [3.8, 4) is 0 Å². The summed E-state index contributed by atoms with van der Waals surface area (Å²) in [5.74, 6) is 0.784. The Hall–Kier alpha value is -1.65. The minimum atomic E-state index is -0.00986. The Kier molecular flexibility index (Phi) is 2.46. The molecule has 3 rings (SSSR count). The first-order valence-corrected chi connectivity index (χ1v) is 6.09. The zero-order chi connectivity index (χ0) is 11.8. The number of Topliss-reactive ketones (excluding diaryl/α,β-unsaturated/α-hetero) is 1. The number of rotatable bonds is 2. The highest BCUT2D eigenvalue weighted by Crippen LogP contribution is 2.33. The Morgan fingerprint density at radius 3 is 2.53 bits per heavy atom. The van der Waals surface area contributed by atoms with Gasteiger partial charge in [-0.25, -0.2) is 4.98 Å². The molecule has 2 heterocycles. The van der Waals surface area contributed by atoms with Crippen LogP contribution in [0.25, 0.3) is 0 Å². The number of nitrogens with zero attached hydrogens (tertiary/aromatic N) is 3. The van der Waals surface area contributed by atoms with E-state index in [4.69, 9.17) is 0 Å². The summed E-state index contributed by atoms with van der Waals surface area (Å²) in [6.07, 6.45) is 6.67. The second kappa shape index (κ2) is 3.98. The first kappa shape index (κ1) is 10.5. The average molecular weight is 233 g/mol. The van der Waals surface area contributed by atoms with E-state index in [1.54, 1.807) is 17.0 Å². The molecular weight excluding hydrogens is 218 g/mol. The highest BCUT2D eigenvalue weighted by atomic mass is 16.1. The summed E-state index contributed by atoms with van der Waals surface area (Å²) < 4.78 is 1.78. The second-order valence-corrected chi connectivity index (χ2v) is 4.72. The Balaban J connectivity index is 1.89.